The van der Waals surface area contributed by atoms with E-state index in [1.165, 1.54) is 0 Å². The fraction of sp³-hybridized carbons (Fsp3) is 0.286. The van der Waals surface area contributed by atoms with Crippen LogP contribution in [0.5, 0.6) is 5.75 Å². The molecular weight excluding hydrogens is 486 g/mol. The summed E-state index contributed by atoms with van der Waals surface area (Å²) in [5, 5.41) is 11.3. The molecular formula is C28H31N5O3S. The molecule has 0 aliphatic rings. The molecule has 0 saturated heterocycles. The third kappa shape index (κ3) is 5.58. The van der Waals surface area contributed by atoms with Gasteiger partial charge in [-0.25, -0.2) is 14.3 Å². The number of para-hydroxylation sites is 1. The topological polar surface area (TPSA) is 87.8 Å². The van der Waals surface area contributed by atoms with E-state index < -0.39 is 0 Å². The summed E-state index contributed by atoms with van der Waals surface area (Å²) in [5.41, 5.74) is 4.33. The summed E-state index contributed by atoms with van der Waals surface area (Å²) in [4.78, 5) is 14.4. The second-order valence-corrected chi connectivity index (χ2v) is 10.3. The Balaban J connectivity index is 1.26. The van der Waals surface area contributed by atoms with Crippen molar-refractivity contribution >= 4 is 28.3 Å². The number of fused-ring (bicyclic) bond motifs is 3. The average molecular weight is 518 g/mol. The third-order valence-corrected chi connectivity index (χ3v) is 7.15. The van der Waals surface area contributed by atoms with Crippen LogP contribution in [-0.4, -0.2) is 53.0 Å². The summed E-state index contributed by atoms with van der Waals surface area (Å²) < 4.78 is 13.1. The highest BCUT2D eigenvalue weighted by Crippen LogP contribution is 2.32. The number of thioether (sulfide) groups is 1. The van der Waals surface area contributed by atoms with Crippen molar-refractivity contribution in [2.45, 2.75) is 18.8 Å². The Hall–Kier alpha value is -3.53. The maximum absolute atomic E-state index is 12.3. The monoisotopic (exact) mass is 517 g/mol. The molecule has 0 atom stereocenters. The van der Waals surface area contributed by atoms with Gasteiger partial charge in [-0.15, -0.1) is 0 Å². The largest absolute Gasteiger partial charge is 0.496 e. The summed E-state index contributed by atoms with van der Waals surface area (Å²) in [6.45, 7) is 2.37. The molecule has 0 bridgehead atoms. The van der Waals surface area contributed by atoms with Gasteiger partial charge in [0.15, 0.2) is 5.65 Å². The highest BCUT2D eigenvalue weighted by atomic mass is 32.2. The smallest absolute Gasteiger partial charge is 0.348 e. The van der Waals surface area contributed by atoms with E-state index >= 15 is 0 Å². The number of hydrogen-bond donors (Lipinski definition) is 2. The number of hydrogen-bond acceptors (Lipinski definition) is 7. The molecule has 0 spiro atoms. The van der Waals surface area contributed by atoms with Gasteiger partial charge in [-0.1, -0.05) is 24.3 Å². The summed E-state index contributed by atoms with van der Waals surface area (Å²) in [7, 11) is 5.77. The standard InChI is InChI=1S/C28H31N5O3S/c1-32(2)17-21-9-10-22(36-21)18-37-13-12-29-16-20-14-19(8-11-26(20)35-3)24-15-27-30-31-28(34)33(27)25-7-5-4-6-23(24)25/h4-11,14-15,29H,12-13,16-18H2,1-3H3,(H,31,34). The summed E-state index contributed by atoms with van der Waals surface area (Å²) >= 11 is 1.85. The molecule has 2 aromatic carbocycles. The average Bonchev–Trinajstić information content (AvgIpc) is 3.51. The third-order valence-electron chi connectivity index (χ3n) is 6.17. The molecule has 192 valence electrons. The van der Waals surface area contributed by atoms with Gasteiger partial charge in [0.25, 0.3) is 0 Å². The lowest BCUT2D eigenvalue weighted by molar-refractivity contribution is 0.344. The van der Waals surface area contributed by atoms with Crippen LogP contribution in [0.4, 0.5) is 0 Å². The van der Waals surface area contributed by atoms with E-state index in [0.717, 1.165) is 69.5 Å². The van der Waals surface area contributed by atoms with Gasteiger partial charge in [0.05, 0.1) is 24.9 Å². The highest BCUT2D eigenvalue weighted by molar-refractivity contribution is 7.98. The number of benzene rings is 2. The van der Waals surface area contributed by atoms with E-state index in [-0.39, 0.29) is 5.69 Å². The minimum atomic E-state index is -0.240. The van der Waals surface area contributed by atoms with Crippen LogP contribution in [0.3, 0.4) is 0 Å². The first-order valence-electron chi connectivity index (χ1n) is 12.2. The van der Waals surface area contributed by atoms with E-state index in [1.54, 1.807) is 11.5 Å². The molecule has 8 nitrogen and oxygen atoms in total. The van der Waals surface area contributed by atoms with Crippen LogP contribution in [0.15, 0.2) is 69.9 Å². The predicted molar refractivity (Wildman–Crippen MR) is 149 cm³/mol. The van der Waals surface area contributed by atoms with Crippen molar-refractivity contribution in [1.29, 1.82) is 0 Å². The van der Waals surface area contributed by atoms with Gasteiger partial charge in [-0.2, -0.15) is 16.9 Å². The zero-order valence-electron chi connectivity index (χ0n) is 21.3. The molecule has 3 heterocycles. The van der Waals surface area contributed by atoms with E-state index in [0.29, 0.717) is 12.2 Å². The lowest BCUT2D eigenvalue weighted by Gasteiger charge is -2.14. The van der Waals surface area contributed by atoms with Crippen molar-refractivity contribution in [3.05, 3.63) is 88.2 Å². The van der Waals surface area contributed by atoms with Gasteiger partial charge in [0.2, 0.25) is 0 Å². The van der Waals surface area contributed by atoms with Gasteiger partial charge in [-0.05, 0) is 61.6 Å². The Bertz CT molecular complexity index is 1570. The van der Waals surface area contributed by atoms with Crippen LogP contribution in [0.2, 0.25) is 0 Å². The van der Waals surface area contributed by atoms with Crippen molar-refractivity contribution in [2.24, 2.45) is 0 Å². The molecule has 5 rings (SSSR count). The van der Waals surface area contributed by atoms with E-state index in [2.05, 4.69) is 44.7 Å². The second-order valence-electron chi connectivity index (χ2n) is 9.16. The lowest BCUT2D eigenvalue weighted by atomic mass is 9.98. The number of methoxy groups -OCH3 is 1. The Morgan fingerprint density at radius 2 is 1.95 bits per heavy atom. The first-order chi connectivity index (χ1) is 18.0. The highest BCUT2D eigenvalue weighted by Gasteiger charge is 2.13. The number of pyridine rings is 1. The van der Waals surface area contributed by atoms with Gasteiger partial charge in [0, 0.05) is 29.8 Å². The number of rotatable bonds is 11. The summed E-state index contributed by atoms with van der Waals surface area (Å²) in [5.74, 6) is 4.69. The number of aromatic amines is 1. The van der Waals surface area contributed by atoms with Gasteiger partial charge in [-0.3, -0.25) is 0 Å². The zero-order chi connectivity index (χ0) is 25.8. The Morgan fingerprint density at radius 3 is 2.78 bits per heavy atom. The number of nitrogens with zero attached hydrogens (tertiary/aromatic N) is 3. The molecule has 3 aromatic heterocycles. The molecule has 2 N–H and O–H groups in total. The Kier molecular flexibility index (Phi) is 7.64. The summed E-state index contributed by atoms with van der Waals surface area (Å²) in [6.07, 6.45) is 0. The molecule has 0 fully saturated rings. The zero-order valence-corrected chi connectivity index (χ0v) is 22.1. The van der Waals surface area contributed by atoms with Crippen LogP contribution in [0, 0.1) is 0 Å². The molecule has 0 aliphatic carbocycles. The predicted octanol–water partition coefficient (Wildman–Crippen LogP) is 4.53. The van der Waals surface area contributed by atoms with Gasteiger partial charge < -0.3 is 19.4 Å². The van der Waals surface area contributed by atoms with Crippen LogP contribution >= 0.6 is 11.8 Å². The minimum absolute atomic E-state index is 0.240. The van der Waals surface area contributed by atoms with Crippen LogP contribution in [-0.2, 0) is 18.8 Å². The normalized spacial score (nSPS) is 11.7. The number of furan rings is 1. The van der Waals surface area contributed by atoms with Crippen LogP contribution in [0.1, 0.15) is 17.1 Å². The number of nitrogens with one attached hydrogen (secondary N) is 2. The van der Waals surface area contributed by atoms with E-state index in [1.807, 2.05) is 62.3 Å². The first-order valence-corrected chi connectivity index (χ1v) is 13.4. The number of H-pyrrole nitrogens is 1. The minimum Gasteiger partial charge on any atom is -0.496 e. The maximum Gasteiger partial charge on any atom is 0.348 e. The molecule has 0 unspecified atom stereocenters. The molecule has 5 aromatic rings. The first kappa shape index (κ1) is 25.1. The van der Waals surface area contributed by atoms with E-state index in [9.17, 15) is 4.79 Å². The van der Waals surface area contributed by atoms with Crippen molar-refractivity contribution in [3.8, 4) is 16.9 Å². The fourth-order valence-electron chi connectivity index (χ4n) is 4.50. The van der Waals surface area contributed by atoms with Crippen LogP contribution < -0.4 is 15.7 Å². The molecule has 0 aliphatic heterocycles. The van der Waals surface area contributed by atoms with Gasteiger partial charge >= 0.3 is 5.69 Å². The lowest BCUT2D eigenvalue weighted by Crippen LogP contribution is -2.17. The molecule has 9 heteroatoms. The molecule has 0 amide bonds. The molecule has 37 heavy (non-hydrogen) atoms. The number of aromatic nitrogens is 3. The van der Waals surface area contributed by atoms with Gasteiger partial charge in [0.1, 0.15) is 17.3 Å². The Labute approximate surface area is 219 Å². The Morgan fingerprint density at radius 1 is 1.11 bits per heavy atom. The van der Waals surface area contributed by atoms with Crippen LogP contribution in [0.25, 0.3) is 27.7 Å². The second kappa shape index (κ2) is 11.2. The van der Waals surface area contributed by atoms with Crippen molar-refractivity contribution in [2.75, 3.05) is 33.5 Å². The maximum atomic E-state index is 12.3. The van der Waals surface area contributed by atoms with Crippen molar-refractivity contribution in [1.82, 2.24) is 24.8 Å². The fourth-order valence-corrected chi connectivity index (χ4v) is 5.29. The van der Waals surface area contributed by atoms with Crippen molar-refractivity contribution in [3.63, 3.8) is 0 Å². The summed E-state index contributed by atoms with van der Waals surface area (Å²) in [6, 6.07) is 20.2. The quantitative estimate of drug-likeness (QED) is 0.249. The SMILES string of the molecule is COc1ccc(-c2cc3n[nH]c(=O)n3c3ccccc23)cc1CNCCSCc1ccc(CN(C)C)o1. The van der Waals surface area contributed by atoms with Crippen molar-refractivity contribution < 1.29 is 9.15 Å². The molecule has 0 radical (unpaired) electrons. The number of ether oxygens (including phenoxy) is 1. The molecule has 0 saturated carbocycles. The van der Waals surface area contributed by atoms with E-state index in [4.69, 9.17) is 9.15 Å².